The molecule has 0 aliphatic heterocycles. The number of hydrogen-bond donors (Lipinski definition) is 1. The van der Waals surface area contributed by atoms with Crippen molar-refractivity contribution in [1.82, 2.24) is 4.57 Å². The van der Waals surface area contributed by atoms with Crippen molar-refractivity contribution in [3.05, 3.63) is 52.8 Å². The number of ether oxygens (including phenoxy) is 1. The molecule has 2 rings (SSSR count). The number of primary amides is 1. The average molecular weight is 356 g/mol. The van der Waals surface area contributed by atoms with Crippen LogP contribution in [0.4, 0.5) is 0 Å². The van der Waals surface area contributed by atoms with E-state index in [0.29, 0.717) is 17.2 Å². The van der Waals surface area contributed by atoms with E-state index in [1.165, 1.54) is 0 Å². The van der Waals surface area contributed by atoms with Gasteiger partial charge in [-0.1, -0.05) is 26.0 Å². The molecule has 0 atom stereocenters. The van der Waals surface area contributed by atoms with Gasteiger partial charge in [0.05, 0.1) is 6.42 Å². The molecule has 26 heavy (non-hydrogen) atoms. The first kappa shape index (κ1) is 19.8. The minimum Gasteiger partial charge on any atom is -0.485 e. The summed E-state index contributed by atoms with van der Waals surface area (Å²) in [5, 5.41) is 0. The molecule has 1 amide bonds. The summed E-state index contributed by atoms with van der Waals surface area (Å²) in [6.07, 6.45) is 1.23. The molecule has 0 fully saturated rings. The van der Waals surface area contributed by atoms with Crippen LogP contribution in [0.2, 0.25) is 0 Å². The Labute approximate surface area is 155 Å². The number of aromatic nitrogens is 1. The van der Waals surface area contributed by atoms with E-state index in [2.05, 4.69) is 18.4 Å². The lowest BCUT2D eigenvalue weighted by Gasteiger charge is -2.11. The van der Waals surface area contributed by atoms with Crippen molar-refractivity contribution < 1.29 is 14.3 Å². The predicted molar refractivity (Wildman–Crippen MR) is 103 cm³/mol. The lowest BCUT2D eigenvalue weighted by atomic mass is 10.1. The van der Waals surface area contributed by atoms with E-state index in [4.69, 9.17) is 10.5 Å². The molecule has 0 saturated carbocycles. The van der Waals surface area contributed by atoms with Crippen molar-refractivity contribution in [3.63, 3.8) is 0 Å². The van der Waals surface area contributed by atoms with Gasteiger partial charge in [0.25, 0.3) is 0 Å². The maximum absolute atomic E-state index is 12.6. The van der Waals surface area contributed by atoms with E-state index in [-0.39, 0.29) is 18.8 Å². The first-order chi connectivity index (χ1) is 12.3. The van der Waals surface area contributed by atoms with E-state index < -0.39 is 5.91 Å². The van der Waals surface area contributed by atoms with Gasteiger partial charge >= 0.3 is 0 Å². The van der Waals surface area contributed by atoms with Crippen molar-refractivity contribution in [2.75, 3.05) is 6.61 Å². The van der Waals surface area contributed by atoms with Crippen LogP contribution in [0.1, 0.15) is 47.6 Å². The highest BCUT2D eigenvalue weighted by molar-refractivity contribution is 5.98. The molecule has 0 saturated heterocycles. The lowest BCUT2D eigenvalue weighted by molar-refractivity contribution is -0.117. The zero-order chi connectivity index (χ0) is 19.3. The van der Waals surface area contributed by atoms with Crippen molar-refractivity contribution in [3.8, 4) is 5.75 Å². The molecular formula is C21H28N2O3. The SMILES string of the molecule is Cc1cc(C(=O)COc2cccc(CC(N)=O)c2)c(C)n1CCC(C)C. The Kier molecular flexibility index (Phi) is 6.61. The van der Waals surface area contributed by atoms with E-state index in [1.54, 1.807) is 18.2 Å². The highest BCUT2D eigenvalue weighted by Crippen LogP contribution is 2.19. The molecular weight excluding hydrogens is 328 g/mol. The summed E-state index contributed by atoms with van der Waals surface area (Å²) < 4.78 is 7.83. The Bertz CT molecular complexity index is 791. The third-order valence-electron chi connectivity index (χ3n) is 4.45. The molecule has 0 bridgehead atoms. The van der Waals surface area contributed by atoms with Gasteiger partial charge in [-0.25, -0.2) is 0 Å². The summed E-state index contributed by atoms with van der Waals surface area (Å²) in [7, 11) is 0. The van der Waals surface area contributed by atoms with Gasteiger partial charge in [-0.3, -0.25) is 9.59 Å². The second-order valence-electron chi connectivity index (χ2n) is 7.12. The number of carbonyl (C=O) groups excluding carboxylic acids is 2. The van der Waals surface area contributed by atoms with Crippen molar-refractivity contribution in [2.24, 2.45) is 11.7 Å². The predicted octanol–water partition coefficient (Wildman–Crippen LogP) is 3.44. The van der Waals surface area contributed by atoms with Gasteiger partial charge in [0.1, 0.15) is 5.75 Å². The van der Waals surface area contributed by atoms with Crippen molar-refractivity contribution >= 4 is 11.7 Å². The fraction of sp³-hybridized carbons (Fsp3) is 0.429. The number of nitrogens with two attached hydrogens (primary N) is 1. The molecule has 0 unspecified atom stereocenters. The fourth-order valence-corrected chi connectivity index (χ4v) is 2.99. The summed E-state index contributed by atoms with van der Waals surface area (Å²) in [6.45, 7) is 9.28. The van der Waals surface area contributed by atoms with E-state index in [0.717, 1.165) is 29.9 Å². The van der Waals surface area contributed by atoms with Crippen LogP contribution >= 0.6 is 0 Å². The first-order valence-corrected chi connectivity index (χ1v) is 8.98. The molecule has 0 aliphatic carbocycles. The molecule has 2 aromatic rings. The lowest BCUT2D eigenvalue weighted by Crippen LogP contribution is -2.15. The monoisotopic (exact) mass is 356 g/mol. The zero-order valence-electron chi connectivity index (χ0n) is 16.0. The molecule has 0 radical (unpaired) electrons. The summed E-state index contributed by atoms with van der Waals surface area (Å²) >= 11 is 0. The number of hydrogen-bond acceptors (Lipinski definition) is 3. The van der Waals surface area contributed by atoms with Crippen LogP contribution in [0, 0.1) is 19.8 Å². The van der Waals surface area contributed by atoms with Gasteiger partial charge < -0.3 is 15.0 Å². The molecule has 1 aromatic carbocycles. The molecule has 5 nitrogen and oxygen atoms in total. The van der Waals surface area contributed by atoms with Gasteiger partial charge in [-0.2, -0.15) is 0 Å². The maximum Gasteiger partial charge on any atom is 0.221 e. The number of aryl methyl sites for hydroxylation is 1. The Hall–Kier alpha value is -2.56. The van der Waals surface area contributed by atoms with Crippen LogP contribution in [0.15, 0.2) is 30.3 Å². The van der Waals surface area contributed by atoms with E-state index in [1.807, 2.05) is 26.0 Å². The standard InChI is InChI=1S/C21H28N2O3/c1-14(2)8-9-23-15(3)10-19(16(23)4)20(24)13-26-18-7-5-6-17(11-18)12-21(22)25/h5-7,10-11,14H,8-9,12-13H2,1-4H3,(H2,22,25). The number of benzene rings is 1. The molecule has 2 N–H and O–H groups in total. The van der Waals surface area contributed by atoms with Gasteiger partial charge in [0, 0.05) is 23.5 Å². The zero-order valence-corrected chi connectivity index (χ0v) is 16.0. The van der Waals surface area contributed by atoms with Gasteiger partial charge in [-0.15, -0.1) is 0 Å². The first-order valence-electron chi connectivity index (χ1n) is 8.98. The van der Waals surface area contributed by atoms with Crippen LogP contribution in [0.25, 0.3) is 0 Å². The quantitative estimate of drug-likeness (QED) is 0.699. The third kappa shape index (κ3) is 5.22. The smallest absolute Gasteiger partial charge is 0.221 e. The molecule has 0 aliphatic rings. The molecule has 140 valence electrons. The summed E-state index contributed by atoms with van der Waals surface area (Å²) in [5.41, 5.74) is 8.77. The molecule has 1 heterocycles. The second-order valence-corrected chi connectivity index (χ2v) is 7.12. The van der Waals surface area contributed by atoms with Gasteiger partial charge in [0.2, 0.25) is 11.7 Å². The highest BCUT2D eigenvalue weighted by Gasteiger charge is 2.16. The Balaban J connectivity index is 2.04. The topological polar surface area (TPSA) is 74.3 Å². The number of ketones is 1. The number of rotatable bonds is 9. The van der Waals surface area contributed by atoms with Crippen LogP contribution < -0.4 is 10.5 Å². The normalized spacial score (nSPS) is 11.0. The number of nitrogens with zero attached hydrogens (tertiary/aromatic N) is 1. The minimum atomic E-state index is -0.396. The number of amides is 1. The third-order valence-corrected chi connectivity index (χ3v) is 4.45. The maximum atomic E-state index is 12.6. The highest BCUT2D eigenvalue weighted by atomic mass is 16.5. The fourth-order valence-electron chi connectivity index (χ4n) is 2.99. The van der Waals surface area contributed by atoms with Crippen LogP contribution in [-0.2, 0) is 17.8 Å². The average Bonchev–Trinajstić information content (AvgIpc) is 2.85. The van der Waals surface area contributed by atoms with Crippen LogP contribution in [-0.4, -0.2) is 22.9 Å². The minimum absolute atomic E-state index is 0.0332. The number of carbonyl (C=O) groups is 2. The molecule has 1 aromatic heterocycles. The Morgan fingerprint density at radius 1 is 1.19 bits per heavy atom. The summed E-state index contributed by atoms with van der Waals surface area (Å²) in [6, 6.07) is 9.04. The number of Topliss-reactive ketones (excluding diaryl/α,β-unsaturated/α-hetero) is 1. The van der Waals surface area contributed by atoms with Gasteiger partial charge in [-0.05, 0) is 49.9 Å². The van der Waals surface area contributed by atoms with E-state index in [9.17, 15) is 9.59 Å². The molecule has 5 heteroatoms. The van der Waals surface area contributed by atoms with E-state index >= 15 is 0 Å². The van der Waals surface area contributed by atoms with Crippen LogP contribution in [0.5, 0.6) is 5.75 Å². The second kappa shape index (κ2) is 8.70. The summed E-state index contributed by atoms with van der Waals surface area (Å²) in [4.78, 5) is 23.6. The largest absolute Gasteiger partial charge is 0.485 e. The summed E-state index contributed by atoms with van der Waals surface area (Å²) in [5.74, 6) is 0.735. The van der Waals surface area contributed by atoms with Gasteiger partial charge in [0.15, 0.2) is 6.61 Å². The van der Waals surface area contributed by atoms with Crippen LogP contribution in [0.3, 0.4) is 0 Å². The van der Waals surface area contributed by atoms with Crippen molar-refractivity contribution in [2.45, 2.75) is 47.1 Å². The Morgan fingerprint density at radius 3 is 2.58 bits per heavy atom. The van der Waals surface area contributed by atoms with Crippen molar-refractivity contribution in [1.29, 1.82) is 0 Å². The Morgan fingerprint density at radius 2 is 1.92 bits per heavy atom. The molecule has 0 spiro atoms.